The van der Waals surface area contributed by atoms with Gasteiger partial charge >= 0.3 is 5.97 Å². The lowest BCUT2D eigenvalue weighted by Crippen LogP contribution is -2.49. The first kappa shape index (κ1) is 26.1. The van der Waals surface area contributed by atoms with Crippen LogP contribution in [-0.2, 0) is 19.2 Å². The minimum absolute atomic E-state index is 0.00167. The highest BCUT2D eigenvalue weighted by atomic mass is 16.6. The standard InChI is InChI=1S/C26H26N6O6/c1-37-26(36)21(31-25(35)23-18(13-33)17-4-2-3-5-19(17)30-23)12-29-22(34)11-16-10-20(32-38-16)14-6-8-15(9-7-14)24(27)28/h2-9,13,16,21,30H,10-12H2,1H3,(H3,27,28)(H,29,34)(H,31,35). The van der Waals surface area contributed by atoms with Crippen molar-refractivity contribution in [2.24, 2.45) is 10.9 Å². The van der Waals surface area contributed by atoms with Gasteiger partial charge in [-0.05, 0) is 11.6 Å². The number of nitrogen functional groups attached to an aromatic ring is 1. The van der Waals surface area contributed by atoms with Crippen LogP contribution in [0.5, 0.6) is 0 Å². The van der Waals surface area contributed by atoms with Crippen LogP contribution in [0.25, 0.3) is 10.9 Å². The molecule has 4 rings (SSSR count). The van der Waals surface area contributed by atoms with Gasteiger partial charge in [0.1, 0.15) is 23.7 Å². The van der Waals surface area contributed by atoms with E-state index in [4.69, 9.17) is 20.7 Å². The summed E-state index contributed by atoms with van der Waals surface area (Å²) in [6.07, 6.45) is 0.416. The number of oxime groups is 1. The molecule has 2 unspecified atom stereocenters. The number of aromatic nitrogens is 1. The number of fused-ring (bicyclic) bond motifs is 1. The van der Waals surface area contributed by atoms with Crippen molar-refractivity contribution >= 4 is 46.5 Å². The first-order valence-corrected chi connectivity index (χ1v) is 11.7. The van der Waals surface area contributed by atoms with Crippen molar-refractivity contribution < 1.29 is 28.8 Å². The Bertz CT molecular complexity index is 1430. The second-order valence-electron chi connectivity index (χ2n) is 8.60. The third-order valence-electron chi connectivity index (χ3n) is 6.06. The molecule has 1 aliphatic rings. The van der Waals surface area contributed by atoms with Crippen LogP contribution in [0.4, 0.5) is 0 Å². The topological polar surface area (TPSA) is 189 Å². The molecule has 2 amide bonds. The molecule has 2 heterocycles. The average molecular weight is 519 g/mol. The van der Waals surface area contributed by atoms with Gasteiger partial charge in [-0.15, -0.1) is 0 Å². The normalized spacial score (nSPS) is 15.2. The summed E-state index contributed by atoms with van der Waals surface area (Å²) in [7, 11) is 1.16. The fourth-order valence-electron chi connectivity index (χ4n) is 4.08. The Hall–Kier alpha value is -5.00. The Morgan fingerprint density at radius 1 is 1.24 bits per heavy atom. The van der Waals surface area contributed by atoms with Crippen LogP contribution in [0.2, 0.25) is 0 Å². The van der Waals surface area contributed by atoms with E-state index in [0.29, 0.717) is 34.9 Å². The molecule has 0 fully saturated rings. The lowest BCUT2D eigenvalue weighted by atomic mass is 10.0. The Morgan fingerprint density at radius 3 is 2.66 bits per heavy atom. The van der Waals surface area contributed by atoms with E-state index in [1.807, 2.05) is 0 Å². The number of nitrogens with two attached hydrogens (primary N) is 1. The highest BCUT2D eigenvalue weighted by Crippen LogP contribution is 2.21. The fraction of sp³-hybridized carbons (Fsp3) is 0.231. The van der Waals surface area contributed by atoms with Crippen molar-refractivity contribution in [3.63, 3.8) is 0 Å². The Balaban J connectivity index is 1.33. The van der Waals surface area contributed by atoms with E-state index in [9.17, 15) is 19.2 Å². The van der Waals surface area contributed by atoms with Crippen molar-refractivity contribution in [2.75, 3.05) is 13.7 Å². The fourth-order valence-corrected chi connectivity index (χ4v) is 4.08. The molecule has 196 valence electrons. The number of nitrogens with one attached hydrogen (secondary N) is 4. The van der Waals surface area contributed by atoms with Crippen molar-refractivity contribution in [3.8, 4) is 0 Å². The zero-order chi connectivity index (χ0) is 27.2. The molecule has 1 aliphatic heterocycles. The monoisotopic (exact) mass is 518 g/mol. The summed E-state index contributed by atoms with van der Waals surface area (Å²) in [5, 5.41) is 17.2. The second kappa shape index (κ2) is 11.4. The number of amides is 2. The SMILES string of the molecule is COC(=O)C(CNC(=O)CC1CC(c2ccc(C(=N)N)cc2)=NO1)NC(=O)c1[nH]c2ccccc2c1C=O. The molecule has 0 spiro atoms. The molecule has 38 heavy (non-hydrogen) atoms. The third kappa shape index (κ3) is 5.69. The van der Waals surface area contributed by atoms with E-state index in [1.54, 1.807) is 48.5 Å². The van der Waals surface area contributed by atoms with Crippen LogP contribution in [0.1, 0.15) is 44.8 Å². The number of aromatic amines is 1. The Kier molecular flexibility index (Phi) is 7.80. The molecule has 0 aliphatic carbocycles. The van der Waals surface area contributed by atoms with Crippen LogP contribution in [0.15, 0.2) is 53.7 Å². The minimum atomic E-state index is -1.20. The van der Waals surface area contributed by atoms with Gasteiger partial charge < -0.3 is 30.9 Å². The predicted molar refractivity (Wildman–Crippen MR) is 138 cm³/mol. The van der Waals surface area contributed by atoms with Gasteiger partial charge in [0.25, 0.3) is 5.91 Å². The van der Waals surface area contributed by atoms with Crippen molar-refractivity contribution in [3.05, 3.63) is 70.9 Å². The van der Waals surface area contributed by atoms with Crippen LogP contribution >= 0.6 is 0 Å². The molecule has 12 heteroatoms. The van der Waals surface area contributed by atoms with Gasteiger partial charge in [-0.1, -0.05) is 47.6 Å². The van der Waals surface area contributed by atoms with E-state index < -0.39 is 29.9 Å². The zero-order valence-corrected chi connectivity index (χ0v) is 20.4. The Morgan fingerprint density at radius 2 is 1.97 bits per heavy atom. The van der Waals surface area contributed by atoms with Crippen LogP contribution in [-0.4, -0.2) is 66.4 Å². The van der Waals surface area contributed by atoms with Crippen molar-refractivity contribution in [1.82, 2.24) is 15.6 Å². The molecule has 3 aromatic rings. The van der Waals surface area contributed by atoms with Gasteiger partial charge in [0.15, 0.2) is 6.29 Å². The number of methoxy groups -OCH3 is 1. The van der Waals surface area contributed by atoms with E-state index in [0.717, 1.165) is 12.7 Å². The van der Waals surface area contributed by atoms with Gasteiger partial charge in [0, 0.05) is 29.4 Å². The minimum Gasteiger partial charge on any atom is -0.467 e. The number of H-pyrrole nitrogens is 1. The first-order valence-electron chi connectivity index (χ1n) is 11.7. The number of amidine groups is 1. The number of carbonyl (C=O) groups excluding carboxylic acids is 4. The number of hydrogen-bond donors (Lipinski definition) is 5. The van der Waals surface area contributed by atoms with Gasteiger partial charge in [0.2, 0.25) is 5.91 Å². The lowest BCUT2D eigenvalue weighted by Gasteiger charge is -2.17. The molecule has 6 N–H and O–H groups in total. The smallest absolute Gasteiger partial charge is 0.330 e. The van der Waals surface area contributed by atoms with Crippen LogP contribution in [0, 0.1) is 5.41 Å². The molecule has 12 nitrogen and oxygen atoms in total. The number of hydrogen-bond acceptors (Lipinski definition) is 8. The summed E-state index contributed by atoms with van der Waals surface area (Å²) in [5.74, 6) is -1.91. The van der Waals surface area contributed by atoms with E-state index >= 15 is 0 Å². The van der Waals surface area contributed by atoms with E-state index in [1.165, 1.54) is 0 Å². The summed E-state index contributed by atoms with van der Waals surface area (Å²) >= 11 is 0. The summed E-state index contributed by atoms with van der Waals surface area (Å²) in [6.45, 7) is -0.235. The largest absolute Gasteiger partial charge is 0.467 e. The number of nitrogens with zero attached hydrogens (tertiary/aromatic N) is 1. The number of rotatable bonds is 10. The zero-order valence-electron chi connectivity index (χ0n) is 20.4. The molecular weight excluding hydrogens is 492 g/mol. The highest BCUT2D eigenvalue weighted by Gasteiger charge is 2.28. The molecule has 1 aromatic heterocycles. The highest BCUT2D eigenvalue weighted by molar-refractivity contribution is 6.10. The van der Waals surface area contributed by atoms with Gasteiger partial charge in [-0.3, -0.25) is 19.8 Å². The molecule has 0 saturated carbocycles. The summed E-state index contributed by atoms with van der Waals surface area (Å²) in [5.41, 5.74) is 8.26. The summed E-state index contributed by atoms with van der Waals surface area (Å²) in [6, 6.07) is 12.7. The molecule has 2 aromatic carbocycles. The molecular formula is C26H26N6O6. The quantitative estimate of drug-likeness (QED) is 0.115. The average Bonchev–Trinajstić information content (AvgIpc) is 3.55. The maximum Gasteiger partial charge on any atom is 0.330 e. The third-order valence-corrected chi connectivity index (χ3v) is 6.06. The summed E-state index contributed by atoms with van der Waals surface area (Å²) < 4.78 is 4.77. The number of benzene rings is 2. The first-order chi connectivity index (χ1) is 18.3. The molecule has 0 radical (unpaired) electrons. The maximum atomic E-state index is 12.9. The second-order valence-corrected chi connectivity index (χ2v) is 8.60. The van der Waals surface area contributed by atoms with Gasteiger partial charge in [-0.2, -0.15) is 0 Å². The molecule has 0 bridgehead atoms. The van der Waals surface area contributed by atoms with Gasteiger partial charge in [0.05, 0.1) is 24.8 Å². The van der Waals surface area contributed by atoms with Crippen LogP contribution in [0.3, 0.4) is 0 Å². The molecule has 2 atom stereocenters. The van der Waals surface area contributed by atoms with Crippen LogP contribution < -0.4 is 16.4 Å². The van der Waals surface area contributed by atoms with Gasteiger partial charge in [-0.25, -0.2) is 4.79 Å². The molecule has 0 saturated heterocycles. The van der Waals surface area contributed by atoms with E-state index in [2.05, 4.69) is 20.8 Å². The predicted octanol–water partition coefficient (Wildman–Crippen LogP) is 1.24. The van der Waals surface area contributed by atoms with Crippen molar-refractivity contribution in [2.45, 2.75) is 25.0 Å². The maximum absolute atomic E-state index is 12.9. The number of ether oxygens (including phenoxy) is 1. The Labute approximate surface area is 217 Å². The van der Waals surface area contributed by atoms with Crippen molar-refractivity contribution in [1.29, 1.82) is 5.41 Å². The van der Waals surface area contributed by atoms with E-state index in [-0.39, 0.29) is 30.1 Å². The lowest BCUT2D eigenvalue weighted by molar-refractivity contribution is -0.142. The number of aldehydes is 1. The number of para-hydroxylation sites is 1. The summed E-state index contributed by atoms with van der Waals surface area (Å²) in [4.78, 5) is 57.7. The number of carbonyl (C=O) groups is 4. The number of esters is 1.